The zero-order chi connectivity index (χ0) is 16.5. The fourth-order valence-corrected chi connectivity index (χ4v) is 2.55. The molecule has 0 aromatic carbocycles. The zero-order valence-electron chi connectivity index (χ0n) is 11.1. The monoisotopic (exact) mass is 339 g/mol. The number of nitrogens with zero attached hydrogens (tertiary/aromatic N) is 2. The highest BCUT2D eigenvalue weighted by molar-refractivity contribution is 6.29. The largest absolute Gasteiger partial charge is 0.465 e. The SMILES string of the molecule is O=C(O)N(C1CNCC1O)[C@H](c1ccc(Cl)nc1)C(F)(F)F. The molecule has 2 unspecified atom stereocenters. The number of aliphatic hydroxyl groups excluding tert-OH is 1. The maximum Gasteiger partial charge on any atom is 0.413 e. The molecule has 0 saturated carbocycles. The fraction of sp³-hybridized carbons (Fsp3) is 0.500. The van der Waals surface area contributed by atoms with Crippen LogP contribution in [-0.4, -0.2) is 57.6 Å². The Labute approximate surface area is 128 Å². The van der Waals surface area contributed by atoms with Crippen molar-refractivity contribution in [2.24, 2.45) is 0 Å². The molecule has 1 aliphatic rings. The molecule has 10 heteroatoms. The Hall–Kier alpha value is -1.58. The topological polar surface area (TPSA) is 85.7 Å². The van der Waals surface area contributed by atoms with Crippen molar-refractivity contribution in [1.29, 1.82) is 0 Å². The molecule has 6 nitrogen and oxygen atoms in total. The Bertz CT molecular complexity index is 541. The zero-order valence-corrected chi connectivity index (χ0v) is 11.8. The quantitative estimate of drug-likeness (QED) is 0.729. The van der Waals surface area contributed by atoms with Crippen LogP contribution in [0.5, 0.6) is 0 Å². The van der Waals surface area contributed by atoms with E-state index in [0.29, 0.717) is 0 Å². The summed E-state index contributed by atoms with van der Waals surface area (Å²) in [6.07, 6.45) is -6.98. The average molecular weight is 340 g/mol. The number of amides is 1. The maximum atomic E-state index is 13.4. The van der Waals surface area contributed by atoms with E-state index in [1.165, 1.54) is 0 Å². The summed E-state index contributed by atoms with van der Waals surface area (Å²) in [4.78, 5) is 15.2. The maximum absolute atomic E-state index is 13.4. The van der Waals surface area contributed by atoms with Crippen molar-refractivity contribution in [1.82, 2.24) is 15.2 Å². The van der Waals surface area contributed by atoms with Gasteiger partial charge in [0.1, 0.15) is 5.15 Å². The van der Waals surface area contributed by atoms with Crippen LogP contribution in [0.1, 0.15) is 11.6 Å². The molecule has 0 aliphatic carbocycles. The van der Waals surface area contributed by atoms with Crippen molar-refractivity contribution in [3.8, 4) is 0 Å². The lowest BCUT2D eigenvalue weighted by Gasteiger charge is -2.36. The summed E-state index contributed by atoms with van der Waals surface area (Å²) < 4.78 is 40.3. The Balaban J connectivity index is 2.45. The van der Waals surface area contributed by atoms with E-state index in [1.54, 1.807) is 0 Å². The van der Waals surface area contributed by atoms with Crippen molar-refractivity contribution >= 4 is 17.7 Å². The second-order valence-corrected chi connectivity index (χ2v) is 5.23. The summed E-state index contributed by atoms with van der Waals surface area (Å²) in [5, 5.41) is 21.6. The molecule has 2 rings (SSSR count). The van der Waals surface area contributed by atoms with Gasteiger partial charge in [0.05, 0.1) is 12.1 Å². The van der Waals surface area contributed by atoms with Crippen LogP contribution in [0.3, 0.4) is 0 Å². The van der Waals surface area contributed by atoms with Gasteiger partial charge in [0, 0.05) is 24.8 Å². The smallest absolute Gasteiger partial charge is 0.413 e. The minimum atomic E-state index is -4.86. The van der Waals surface area contributed by atoms with Gasteiger partial charge in [-0.1, -0.05) is 17.7 Å². The summed E-state index contributed by atoms with van der Waals surface area (Å²) in [6, 6.07) is -1.42. The molecule has 3 N–H and O–H groups in total. The van der Waals surface area contributed by atoms with Crippen LogP contribution < -0.4 is 5.32 Å². The highest BCUT2D eigenvalue weighted by Gasteiger charge is 2.51. The van der Waals surface area contributed by atoms with Gasteiger partial charge in [0.2, 0.25) is 0 Å². The highest BCUT2D eigenvalue weighted by atomic mass is 35.5. The Kier molecular flexibility index (Phi) is 4.78. The normalized spacial score (nSPS) is 23.3. The molecule has 3 atom stereocenters. The number of pyridine rings is 1. The molecule has 1 amide bonds. The molecule has 122 valence electrons. The van der Waals surface area contributed by atoms with E-state index >= 15 is 0 Å². The first-order chi connectivity index (χ1) is 10.2. The van der Waals surface area contributed by atoms with Crippen molar-refractivity contribution < 1.29 is 28.2 Å². The molecular weight excluding hydrogens is 327 g/mol. The van der Waals surface area contributed by atoms with Crippen LogP contribution in [-0.2, 0) is 0 Å². The van der Waals surface area contributed by atoms with Gasteiger partial charge < -0.3 is 15.5 Å². The van der Waals surface area contributed by atoms with E-state index in [0.717, 1.165) is 18.3 Å². The Morgan fingerprint density at radius 3 is 2.55 bits per heavy atom. The third kappa shape index (κ3) is 3.42. The molecule has 22 heavy (non-hydrogen) atoms. The molecule has 1 saturated heterocycles. The summed E-state index contributed by atoms with van der Waals surface area (Å²) in [6.45, 7) is -0.0427. The third-order valence-corrected chi connectivity index (χ3v) is 3.61. The number of rotatable bonds is 3. The van der Waals surface area contributed by atoms with Gasteiger partial charge in [-0.3, -0.25) is 4.90 Å². The third-order valence-electron chi connectivity index (χ3n) is 3.38. The van der Waals surface area contributed by atoms with Gasteiger partial charge in [0.25, 0.3) is 0 Å². The van der Waals surface area contributed by atoms with Crippen molar-refractivity contribution in [2.45, 2.75) is 24.4 Å². The number of hydrogen-bond acceptors (Lipinski definition) is 4. The van der Waals surface area contributed by atoms with E-state index in [2.05, 4.69) is 10.3 Å². The first-order valence-corrected chi connectivity index (χ1v) is 6.68. The van der Waals surface area contributed by atoms with Gasteiger partial charge in [-0.05, 0) is 6.07 Å². The minimum absolute atomic E-state index is 0.00545. The average Bonchev–Trinajstić information content (AvgIpc) is 2.81. The molecular formula is C12H13ClF3N3O3. The highest BCUT2D eigenvalue weighted by Crippen LogP contribution is 2.39. The summed E-state index contributed by atoms with van der Waals surface area (Å²) >= 11 is 5.55. The first kappa shape index (κ1) is 16.8. The molecule has 1 fully saturated rings. The number of carbonyl (C=O) groups is 1. The predicted octanol–water partition coefficient (Wildman–Crippen LogP) is 1.65. The van der Waals surface area contributed by atoms with Gasteiger partial charge in [0.15, 0.2) is 6.04 Å². The molecule has 1 aromatic heterocycles. The van der Waals surface area contributed by atoms with Gasteiger partial charge in [-0.25, -0.2) is 9.78 Å². The second kappa shape index (κ2) is 6.27. The van der Waals surface area contributed by atoms with Crippen LogP contribution in [0.4, 0.5) is 18.0 Å². The van der Waals surface area contributed by atoms with E-state index in [4.69, 9.17) is 11.6 Å². The van der Waals surface area contributed by atoms with Gasteiger partial charge in [-0.2, -0.15) is 13.2 Å². The standard InChI is InChI=1S/C12H13ClF3N3O3/c13-9-2-1-6(3-18-9)10(12(14,15)16)19(11(21)22)7-4-17-5-8(7)20/h1-3,7-8,10,17,20H,4-5H2,(H,21,22)/t7?,8?,10-/m1/s1. The fourth-order valence-electron chi connectivity index (χ4n) is 2.43. The number of hydrogen-bond donors (Lipinski definition) is 3. The van der Waals surface area contributed by atoms with E-state index in [1.807, 2.05) is 0 Å². The van der Waals surface area contributed by atoms with Gasteiger partial charge in [-0.15, -0.1) is 0 Å². The number of β-amino-alcohol motifs (C(OH)–C–C–N with tert-alkyl or cyclic N) is 1. The molecule has 0 bridgehead atoms. The Morgan fingerprint density at radius 2 is 2.14 bits per heavy atom. The Morgan fingerprint density at radius 1 is 1.45 bits per heavy atom. The molecule has 1 aliphatic heterocycles. The van der Waals surface area contributed by atoms with E-state index in [9.17, 15) is 28.2 Å². The van der Waals surface area contributed by atoms with Crippen molar-refractivity contribution in [3.63, 3.8) is 0 Å². The summed E-state index contributed by atoms with van der Waals surface area (Å²) in [5.41, 5.74) is -0.363. The summed E-state index contributed by atoms with van der Waals surface area (Å²) in [7, 11) is 0. The minimum Gasteiger partial charge on any atom is -0.465 e. The van der Waals surface area contributed by atoms with Crippen LogP contribution in [0.2, 0.25) is 5.15 Å². The lowest BCUT2D eigenvalue weighted by molar-refractivity contribution is -0.188. The second-order valence-electron chi connectivity index (χ2n) is 4.84. The lowest BCUT2D eigenvalue weighted by Crippen LogP contribution is -2.52. The first-order valence-electron chi connectivity index (χ1n) is 6.30. The lowest BCUT2D eigenvalue weighted by atomic mass is 10.0. The molecule has 2 heterocycles. The molecule has 0 spiro atoms. The number of halogens is 4. The van der Waals surface area contributed by atoms with Crippen LogP contribution in [0.15, 0.2) is 18.3 Å². The predicted molar refractivity (Wildman–Crippen MR) is 70.6 cm³/mol. The molecule has 0 radical (unpaired) electrons. The van der Waals surface area contributed by atoms with Crippen molar-refractivity contribution in [2.75, 3.05) is 13.1 Å². The van der Waals surface area contributed by atoms with Crippen molar-refractivity contribution in [3.05, 3.63) is 29.0 Å². The number of alkyl halides is 3. The molecule has 1 aromatic rings. The number of nitrogens with one attached hydrogen (secondary N) is 1. The van der Waals surface area contributed by atoms with Crippen LogP contribution in [0, 0.1) is 0 Å². The van der Waals surface area contributed by atoms with Gasteiger partial charge >= 0.3 is 12.3 Å². The van der Waals surface area contributed by atoms with Crippen LogP contribution in [0.25, 0.3) is 0 Å². The van der Waals surface area contributed by atoms with E-state index in [-0.39, 0.29) is 28.7 Å². The number of aliphatic hydroxyl groups is 1. The van der Waals surface area contributed by atoms with Crippen LogP contribution >= 0.6 is 11.6 Å². The van der Waals surface area contributed by atoms with E-state index < -0.39 is 30.5 Å². The number of aromatic nitrogens is 1. The number of carboxylic acid groups (broad SMARTS) is 1. The summed E-state index contributed by atoms with van der Waals surface area (Å²) in [5.74, 6) is 0.